The van der Waals surface area contributed by atoms with Crippen LogP contribution in [-0.2, 0) is 5.11 Å². The average molecular weight is 151 g/mol. The second-order valence-corrected chi connectivity index (χ2v) is 2.34. The number of carboxylic acid groups (broad SMARTS) is 1. The van der Waals surface area contributed by atoms with E-state index >= 15 is 0 Å². The summed E-state index contributed by atoms with van der Waals surface area (Å²) in [6, 6.07) is 3.96. The molecule has 0 aliphatic heterocycles. The van der Waals surface area contributed by atoms with Crippen LogP contribution in [0.1, 0.15) is 15.9 Å². The molecule has 1 radical (unpaired) electrons. The van der Waals surface area contributed by atoms with Gasteiger partial charge in [-0.15, -0.1) is 0 Å². The van der Waals surface area contributed by atoms with Gasteiger partial charge in [0.1, 0.15) is 0 Å². The van der Waals surface area contributed by atoms with Crippen molar-refractivity contribution in [3.8, 4) is 5.75 Å². The molecule has 0 aliphatic rings. The first kappa shape index (κ1) is 7.60. The Balaban J connectivity index is 3.19. The first-order valence-electron chi connectivity index (χ1n) is 3.11. The average Bonchev–Trinajstić information content (AvgIpc) is 1.85. The third kappa shape index (κ3) is 1.70. The van der Waals surface area contributed by atoms with Crippen LogP contribution in [0.5, 0.6) is 5.75 Å². The van der Waals surface area contributed by atoms with Crippen LogP contribution in [0.25, 0.3) is 0 Å². The van der Waals surface area contributed by atoms with Gasteiger partial charge in [-0.25, -0.2) is 4.79 Å². The molecule has 0 heterocycles. The second-order valence-electron chi connectivity index (χ2n) is 2.34. The minimum absolute atomic E-state index is 0.0509. The summed E-state index contributed by atoms with van der Waals surface area (Å²) in [7, 11) is 0. The molecular weight excluding hydrogens is 144 g/mol. The normalized spacial score (nSPS) is 9.55. The maximum absolute atomic E-state index is 10.8. The van der Waals surface area contributed by atoms with Crippen molar-refractivity contribution in [2.24, 2.45) is 0 Å². The second kappa shape index (κ2) is 2.62. The number of carboxylic acids is 1. The lowest BCUT2D eigenvalue weighted by atomic mass is 10.1. The van der Waals surface area contributed by atoms with E-state index in [1.165, 1.54) is 12.1 Å². The molecule has 0 saturated heterocycles. The fraction of sp³-hybridized carbons (Fsp3) is 0.125. The van der Waals surface area contributed by atoms with Gasteiger partial charge in [0.2, 0.25) is 0 Å². The van der Waals surface area contributed by atoms with E-state index in [-0.39, 0.29) is 11.3 Å². The first-order chi connectivity index (χ1) is 5.09. The molecule has 1 aromatic carbocycles. The zero-order valence-electron chi connectivity index (χ0n) is 6.00. The molecule has 0 aliphatic carbocycles. The Bertz CT molecular complexity index is 271. The predicted molar refractivity (Wildman–Crippen MR) is 38.3 cm³/mol. The number of aryl methyl sites for hydroxylation is 1. The number of aromatic carboxylic acids is 1. The molecule has 3 nitrogen and oxygen atoms in total. The highest BCUT2D eigenvalue weighted by molar-refractivity contribution is 5.88. The van der Waals surface area contributed by atoms with Crippen LogP contribution in [0, 0.1) is 6.92 Å². The smallest absolute Gasteiger partial charge is 0.335 e. The standard InChI is InChI=1S/C8H7O3/c1-5-2-6(8(10)11)4-7(9)3-5/h2-4H,1H3,(H,10,11). The maximum Gasteiger partial charge on any atom is 0.335 e. The minimum atomic E-state index is -1.06. The quantitative estimate of drug-likeness (QED) is 0.665. The fourth-order valence-corrected chi connectivity index (χ4v) is 0.871. The van der Waals surface area contributed by atoms with E-state index in [1.807, 2.05) is 0 Å². The summed E-state index contributed by atoms with van der Waals surface area (Å²) < 4.78 is 0. The van der Waals surface area contributed by atoms with Crippen molar-refractivity contribution in [2.45, 2.75) is 6.92 Å². The Morgan fingerprint density at radius 3 is 2.45 bits per heavy atom. The van der Waals surface area contributed by atoms with E-state index in [1.54, 1.807) is 6.92 Å². The molecule has 57 valence electrons. The van der Waals surface area contributed by atoms with Gasteiger partial charge in [0.15, 0.2) is 5.75 Å². The molecule has 0 saturated carbocycles. The third-order valence-electron chi connectivity index (χ3n) is 1.30. The number of hydrogen-bond acceptors (Lipinski definition) is 1. The largest absolute Gasteiger partial charge is 0.478 e. The lowest BCUT2D eigenvalue weighted by molar-refractivity contribution is 0.0696. The van der Waals surface area contributed by atoms with Crippen LogP contribution in [0.2, 0.25) is 0 Å². The van der Waals surface area contributed by atoms with E-state index in [4.69, 9.17) is 5.11 Å². The first-order valence-corrected chi connectivity index (χ1v) is 3.11. The number of rotatable bonds is 1. The van der Waals surface area contributed by atoms with Crippen molar-refractivity contribution in [2.75, 3.05) is 0 Å². The van der Waals surface area contributed by atoms with E-state index in [0.717, 1.165) is 6.07 Å². The fourth-order valence-electron chi connectivity index (χ4n) is 0.871. The Labute approximate surface area is 63.9 Å². The summed E-state index contributed by atoms with van der Waals surface area (Å²) in [6.45, 7) is 1.69. The molecule has 0 aromatic heterocycles. The van der Waals surface area contributed by atoms with Crippen molar-refractivity contribution < 1.29 is 15.0 Å². The van der Waals surface area contributed by atoms with Crippen LogP contribution >= 0.6 is 0 Å². The summed E-state index contributed by atoms with van der Waals surface area (Å²) in [5.74, 6) is -1.33. The Morgan fingerprint density at radius 1 is 1.36 bits per heavy atom. The van der Waals surface area contributed by atoms with Crippen molar-refractivity contribution in [1.29, 1.82) is 0 Å². The Hall–Kier alpha value is -1.51. The third-order valence-corrected chi connectivity index (χ3v) is 1.30. The molecular formula is C8H7O3. The lowest BCUT2D eigenvalue weighted by Crippen LogP contribution is -1.95. The topological polar surface area (TPSA) is 57.2 Å². The van der Waals surface area contributed by atoms with Crippen LogP contribution in [-0.4, -0.2) is 11.1 Å². The van der Waals surface area contributed by atoms with Gasteiger partial charge in [-0.3, -0.25) is 5.11 Å². The highest BCUT2D eigenvalue weighted by Crippen LogP contribution is 2.15. The van der Waals surface area contributed by atoms with Crippen LogP contribution in [0.15, 0.2) is 18.2 Å². The molecule has 0 fully saturated rings. The van der Waals surface area contributed by atoms with Gasteiger partial charge < -0.3 is 5.11 Å². The van der Waals surface area contributed by atoms with Gasteiger partial charge in [-0.05, 0) is 30.7 Å². The SMILES string of the molecule is Cc1cc([O])cc(C(=O)O)c1. The van der Waals surface area contributed by atoms with Crippen molar-refractivity contribution in [1.82, 2.24) is 0 Å². The Morgan fingerprint density at radius 2 is 2.00 bits per heavy atom. The summed E-state index contributed by atoms with van der Waals surface area (Å²) in [5, 5.41) is 19.2. The maximum atomic E-state index is 10.8. The number of carbonyl (C=O) groups is 1. The summed E-state index contributed by atoms with van der Waals surface area (Å²) in [5.41, 5.74) is 0.727. The van der Waals surface area contributed by atoms with Crippen molar-refractivity contribution in [3.63, 3.8) is 0 Å². The predicted octanol–water partition coefficient (Wildman–Crippen LogP) is 1.84. The van der Waals surface area contributed by atoms with E-state index in [0.29, 0.717) is 5.56 Å². The number of hydrogen-bond donors (Lipinski definition) is 1. The molecule has 1 N–H and O–H groups in total. The van der Waals surface area contributed by atoms with Gasteiger partial charge in [-0.2, -0.15) is 0 Å². The lowest BCUT2D eigenvalue weighted by Gasteiger charge is -1.95. The minimum Gasteiger partial charge on any atom is -0.478 e. The van der Waals surface area contributed by atoms with Gasteiger partial charge >= 0.3 is 5.97 Å². The molecule has 0 atom stereocenters. The molecule has 1 rings (SSSR count). The van der Waals surface area contributed by atoms with E-state index in [2.05, 4.69) is 0 Å². The monoisotopic (exact) mass is 151 g/mol. The van der Waals surface area contributed by atoms with E-state index < -0.39 is 5.97 Å². The summed E-state index contributed by atoms with van der Waals surface area (Å²) in [6.07, 6.45) is 0. The van der Waals surface area contributed by atoms with Gasteiger partial charge in [0, 0.05) is 0 Å². The molecule has 11 heavy (non-hydrogen) atoms. The molecule has 3 heteroatoms. The van der Waals surface area contributed by atoms with Crippen molar-refractivity contribution in [3.05, 3.63) is 29.3 Å². The molecule has 0 bridgehead atoms. The van der Waals surface area contributed by atoms with Crippen LogP contribution < -0.4 is 0 Å². The van der Waals surface area contributed by atoms with Gasteiger partial charge in [0.25, 0.3) is 0 Å². The molecule has 1 aromatic rings. The van der Waals surface area contributed by atoms with E-state index in [9.17, 15) is 9.90 Å². The highest BCUT2D eigenvalue weighted by Gasteiger charge is 2.04. The van der Waals surface area contributed by atoms with Crippen LogP contribution in [0.3, 0.4) is 0 Å². The molecule has 0 spiro atoms. The molecule has 0 amide bonds. The van der Waals surface area contributed by atoms with Gasteiger partial charge in [0.05, 0.1) is 5.56 Å². The Kier molecular flexibility index (Phi) is 1.81. The summed E-state index contributed by atoms with van der Waals surface area (Å²) in [4.78, 5) is 10.4. The zero-order chi connectivity index (χ0) is 8.43. The highest BCUT2D eigenvalue weighted by atomic mass is 16.4. The number of benzene rings is 1. The zero-order valence-corrected chi connectivity index (χ0v) is 6.00. The molecule has 0 unspecified atom stereocenters. The van der Waals surface area contributed by atoms with Crippen LogP contribution in [0.4, 0.5) is 0 Å². The van der Waals surface area contributed by atoms with Gasteiger partial charge in [-0.1, -0.05) is 0 Å². The summed E-state index contributed by atoms with van der Waals surface area (Å²) >= 11 is 0. The van der Waals surface area contributed by atoms with Crippen molar-refractivity contribution >= 4 is 5.97 Å².